The predicted octanol–water partition coefficient (Wildman–Crippen LogP) is 6.71. The van der Waals surface area contributed by atoms with Crippen LogP contribution in [0.5, 0.6) is 11.5 Å². The second-order valence-corrected chi connectivity index (χ2v) is 15.7. The highest BCUT2D eigenvalue weighted by atomic mass is 16.3. The summed E-state index contributed by atoms with van der Waals surface area (Å²) >= 11 is 0. The van der Waals surface area contributed by atoms with Crippen molar-refractivity contribution in [3.8, 4) is 11.5 Å². The molecule has 0 unspecified atom stereocenters. The number of primary amides is 2. The van der Waals surface area contributed by atoms with E-state index < -0.39 is 10.8 Å². The smallest absolute Gasteiger partial charge is 0.217 e. The summed E-state index contributed by atoms with van der Waals surface area (Å²) in [6.07, 6.45) is 1.65. The molecule has 0 aliphatic carbocycles. The van der Waals surface area contributed by atoms with Gasteiger partial charge in [0.05, 0.1) is 0 Å². The van der Waals surface area contributed by atoms with Gasteiger partial charge < -0.3 is 21.7 Å². The number of phenols is 2. The SMILES string of the molecule is CC(C)(C)c1cc(CCC(N)=O)c(Cc2c(CCC(N)=O)cc(C(C)(C)C)c(O)c2C(C)(C)C)c(C(C)(C)C)c1O. The fourth-order valence-corrected chi connectivity index (χ4v) is 5.84. The minimum absolute atomic E-state index is 0.180. The Morgan fingerprint density at radius 2 is 0.878 bits per heavy atom. The van der Waals surface area contributed by atoms with Crippen LogP contribution in [0.4, 0.5) is 0 Å². The van der Waals surface area contributed by atoms with Gasteiger partial charge in [-0.25, -0.2) is 0 Å². The van der Waals surface area contributed by atoms with Crippen LogP contribution in [-0.2, 0) is 50.5 Å². The van der Waals surface area contributed by atoms with E-state index in [2.05, 4.69) is 83.1 Å². The van der Waals surface area contributed by atoms with Gasteiger partial charge in [-0.05, 0) is 74.3 Å². The summed E-state index contributed by atoms with van der Waals surface area (Å²) in [5.41, 5.74) is 16.7. The number of amides is 2. The molecule has 0 saturated heterocycles. The molecule has 228 valence electrons. The Morgan fingerprint density at radius 3 is 1.10 bits per heavy atom. The summed E-state index contributed by atoms with van der Waals surface area (Å²) in [7, 11) is 0. The van der Waals surface area contributed by atoms with E-state index in [0.29, 0.717) is 19.3 Å². The zero-order chi connectivity index (χ0) is 31.9. The largest absolute Gasteiger partial charge is 0.507 e. The van der Waals surface area contributed by atoms with Gasteiger partial charge in [-0.2, -0.15) is 0 Å². The Kier molecular flexibility index (Phi) is 9.75. The van der Waals surface area contributed by atoms with Crippen molar-refractivity contribution >= 4 is 11.8 Å². The molecule has 0 saturated carbocycles. The van der Waals surface area contributed by atoms with Gasteiger partial charge in [0, 0.05) is 24.0 Å². The minimum Gasteiger partial charge on any atom is -0.507 e. The number of aryl methyl sites for hydroxylation is 2. The zero-order valence-corrected chi connectivity index (χ0v) is 27.6. The van der Waals surface area contributed by atoms with Gasteiger partial charge in [-0.3, -0.25) is 9.59 Å². The lowest BCUT2D eigenvalue weighted by Gasteiger charge is -2.34. The van der Waals surface area contributed by atoms with Crippen molar-refractivity contribution < 1.29 is 19.8 Å². The van der Waals surface area contributed by atoms with E-state index in [1.807, 2.05) is 12.1 Å². The van der Waals surface area contributed by atoms with E-state index in [4.69, 9.17) is 11.5 Å². The van der Waals surface area contributed by atoms with Crippen molar-refractivity contribution in [1.29, 1.82) is 0 Å². The number of carbonyl (C=O) groups excluding carboxylic acids is 2. The Bertz CT molecular complexity index is 1210. The van der Waals surface area contributed by atoms with E-state index in [-0.39, 0.29) is 47.0 Å². The van der Waals surface area contributed by atoms with Crippen molar-refractivity contribution in [3.05, 3.63) is 56.6 Å². The average molecular weight is 567 g/mol. The molecule has 2 aromatic carbocycles. The molecule has 41 heavy (non-hydrogen) atoms. The lowest BCUT2D eigenvalue weighted by atomic mass is 9.71. The van der Waals surface area contributed by atoms with Gasteiger partial charge in [0.2, 0.25) is 11.8 Å². The lowest BCUT2D eigenvalue weighted by Crippen LogP contribution is -2.24. The first-order chi connectivity index (χ1) is 18.4. The molecule has 0 heterocycles. The molecule has 0 aromatic heterocycles. The standard InChI is InChI=1S/C35H54N2O4/c1-32(2,3)24-17-20(13-15-26(36)38)22(28(30(24)40)34(7,8)9)19-23-21(14-16-27(37)39)18-25(33(4,5)6)31(41)29(23)35(10,11)12/h17-18,40-41H,13-16,19H2,1-12H3,(H2,36,38)(H2,37,39). The number of benzene rings is 2. The van der Waals surface area contributed by atoms with E-state index in [1.54, 1.807) is 0 Å². The normalized spacial score (nSPS) is 13.0. The molecular formula is C35H54N2O4. The topological polar surface area (TPSA) is 127 Å². The number of rotatable bonds is 8. The van der Waals surface area contributed by atoms with Crippen LogP contribution in [-0.4, -0.2) is 22.0 Å². The van der Waals surface area contributed by atoms with E-state index in [0.717, 1.165) is 44.5 Å². The van der Waals surface area contributed by atoms with Crippen LogP contribution in [0.1, 0.15) is 140 Å². The Labute approximate surface area is 247 Å². The molecule has 0 aliphatic rings. The van der Waals surface area contributed by atoms with Crippen LogP contribution >= 0.6 is 0 Å². The van der Waals surface area contributed by atoms with E-state index in [1.165, 1.54) is 0 Å². The summed E-state index contributed by atoms with van der Waals surface area (Å²) in [6, 6.07) is 4.04. The lowest BCUT2D eigenvalue weighted by molar-refractivity contribution is -0.118. The third kappa shape index (κ3) is 8.05. The van der Waals surface area contributed by atoms with Gasteiger partial charge >= 0.3 is 0 Å². The molecule has 0 spiro atoms. The molecule has 2 aromatic rings. The molecule has 0 aliphatic heterocycles. The Morgan fingerprint density at radius 1 is 0.585 bits per heavy atom. The van der Waals surface area contributed by atoms with Crippen LogP contribution < -0.4 is 11.5 Å². The fourth-order valence-electron chi connectivity index (χ4n) is 5.84. The van der Waals surface area contributed by atoms with Gasteiger partial charge in [0.1, 0.15) is 11.5 Å². The fraction of sp³-hybridized carbons (Fsp3) is 0.600. The summed E-state index contributed by atoms with van der Waals surface area (Å²) in [4.78, 5) is 23.9. The second-order valence-electron chi connectivity index (χ2n) is 15.7. The predicted molar refractivity (Wildman–Crippen MR) is 169 cm³/mol. The summed E-state index contributed by atoms with van der Waals surface area (Å²) in [6.45, 7) is 24.9. The number of hydrogen-bond donors (Lipinski definition) is 4. The highest BCUT2D eigenvalue weighted by Gasteiger charge is 2.34. The summed E-state index contributed by atoms with van der Waals surface area (Å²) in [5.74, 6) is -0.254. The van der Waals surface area contributed by atoms with Crippen molar-refractivity contribution in [2.45, 2.75) is 137 Å². The number of phenolic OH excluding ortho intramolecular Hbond substituents is 2. The second kappa shape index (κ2) is 11.7. The molecule has 6 heteroatoms. The Balaban J connectivity index is 3.13. The van der Waals surface area contributed by atoms with Crippen molar-refractivity contribution in [2.75, 3.05) is 0 Å². The first-order valence-electron chi connectivity index (χ1n) is 14.7. The van der Waals surface area contributed by atoms with Crippen LogP contribution in [0, 0.1) is 0 Å². The first-order valence-corrected chi connectivity index (χ1v) is 14.7. The van der Waals surface area contributed by atoms with Crippen molar-refractivity contribution in [1.82, 2.24) is 0 Å². The number of aromatic hydroxyl groups is 2. The molecule has 0 fully saturated rings. The number of hydrogen-bond acceptors (Lipinski definition) is 4. The molecule has 0 bridgehead atoms. The van der Waals surface area contributed by atoms with Gasteiger partial charge in [-0.1, -0.05) is 95.2 Å². The summed E-state index contributed by atoms with van der Waals surface area (Å²) in [5, 5.41) is 23.6. The third-order valence-corrected chi connectivity index (χ3v) is 7.75. The number of nitrogens with two attached hydrogens (primary N) is 2. The maximum Gasteiger partial charge on any atom is 0.217 e. The van der Waals surface area contributed by atoms with Crippen LogP contribution in [0.2, 0.25) is 0 Å². The van der Waals surface area contributed by atoms with Crippen molar-refractivity contribution in [2.24, 2.45) is 11.5 Å². The number of carbonyl (C=O) groups is 2. The molecule has 0 atom stereocenters. The maximum absolute atomic E-state index is 11.9. The van der Waals surface area contributed by atoms with Crippen LogP contribution in [0.3, 0.4) is 0 Å². The Hall–Kier alpha value is -3.02. The van der Waals surface area contributed by atoms with Gasteiger partial charge in [0.15, 0.2) is 0 Å². The molecule has 2 amide bonds. The monoisotopic (exact) mass is 566 g/mol. The third-order valence-electron chi connectivity index (χ3n) is 7.75. The molecule has 0 radical (unpaired) electrons. The average Bonchev–Trinajstić information content (AvgIpc) is 2.74. The summed E-state index contributed by atoms with van der Waals surface area (Å²) < 4.78 is 0. The van der Waals surface area contributed by atoms with E-state index in [9.17, 15) is 19.8 Å². The zero-order valence-electron chi connectivity index (χ0n) is 27.6. The quantitative estimate of drug-likeness (QED) is 0.283. The highest BCUT2D eigenvalue weighted by Crippen LogP contribution is 2.47. The molecular weight excluding hydrogens is 512 g/mol. The van der Waals surface area contributed by atoms with E-state index >= 15 is 0 Å². The highest BCUT2D eigenvalue weighted by molar-refractivity contribution is 5.75. The maximum atomic E-state index is 11.9. The van der Waals surface area contributed by atoms with Crippen molar-refractivity contribution in [3.63, 3.8) is 0 Å². The minimum atomic E-state index is -0.426. The molecule has 2 rings (SSSR count). The molecule has 6 N–H and O–H groups in total. The van der Waals surface area contributed by atoms with Crippen LogP contribution in [0.15, 0.2) is 12.1 Å². The molecule has 6 nitrogen and oxygen atoms in total. The first kappa shape index (κ1) is 34.2. The van der Waals surface area contributed by atoms with Gasteiger partial charge in [-0.15, -0.1) is 0 Å². The van der Waals surface area contributed by atoms with Crippen LogP contribution in [0.25, 0.3) is 0 Å². The van der Waals surface area contributed by atoms with Gasteiger partial charge in [0.25, 0.3) is 0 Å².